The number of Topliss-reactive ketones (excluding diaryl/α,β-unsaturated/α-hetero) is 1. The zero-order valence-corrected chi connectivity index (χ0v) is 8.82. The first-order valence-electron chi connectivity index (χ1n) is 4.50. The molecular formula is C10H6F6O2. The van der Waals surface area contributed by atoms with Crippen LogP contribution in [0.5, 0.6) is 5.75 Å². The number of alkyl halides is 5. The number of carbonyl (C=O) groups is 1. The number of ketones is 1. The zero-order valence-electron chi connectivity index (χ0n) is 8.82. The molecule has 0 radical (unpaired) electrons. The number of hydrogen-bond donors (Lipinski definition) is 0. The van der Waals surface area contributed by atoms with Gasteiger partial charge in [-0.05, 0) is 19.1 Å². The lowest BCUT2D eigenvalue weighted by Gasteiger charge is -2.16. The van der Waals surface area contributed by atoms with Gasteiger partial charge in [-0.3, -0.25) is 4.79 Å². The van der Waals surface area contributed by atoms with E-state index in [-0.39, 0.29) is 0 Å². The molecule has 0 aromatic heterocycles. The average Bonchev–Trinajstić information content (AvgIpc) is 2.13. The van der Waals surface area contributed by atoms with Gasteiger partial charge in [0.2, 0.25) is 0 Å². The lowest BCUT2D eigenvalue weighted by Crippen LogP contribution is -2.16. The van der Waals surface area contributed by atoms with Crippen LogP contribution in [0.2, 0.25) is 0 Å². The molecule has 0 aliphatic heterocycles. The number of rotatable bonds is 3. The van der Waals surface area contributed by atoms with Crippen molar-refractivity contribution in [2.45, 2.75) is 19.7 Å². The summed E-state index contributed by atoms with van der Waals surface area (Å²) in [5.74, 6) is -4.23. The highest BCUT2D eigenvalue weighted by Crippen LogP contribution is 2.40. The molecule has 0 saturated carbocycles. The van der Waals surface area contributed by atoms with Crippen molar-refractivity contribution >= 4 is 5.78 Å². The van der Waals surface area contributed by atoms with E-state index in [1.54, 1.807) is 0 Å². The fourth-order valence-corrected chi connectivity index (χ4v) is 1.31. The topological polar surface area (TPSA) is 26.3 Å². The summed E-state index contributed by atoms with van der Waals surface area (Å²) in [5.41, 5.74) is -2.78. The molecule has 0 amide bonds. The average molecular weight is 272 g/mol. The lowest BCUT2D eigenvalue weighted by molar-refractivity contribution is -0.144. The third kappa shape index (κ3) is 2.93. The van der Waals surface area contributed by atoms with Crippen LogP contribution in [-0.2, 0) is 6.18 Å². The Bertz CT molecular complexity index is 466. The first kappa shape index (κ1) is 14.3. The molecule has 0 atom stereocenters. The van der Waals surface area contributed by atoms with Crippen molar-refractivity contribution in [2.24, 2.45) is 0 Å². The van der Waals surface area contributed by atoms with E-state index in [1.165, 1.54) is 0 Å². The highest BCUT2D eigenvalue weighted by atomic mass is 19.4. The summed E-state index contributed by atoms with van der Waals surface area (Å²) in [6.45, 7) is -2.75. The number of benzene rings is 1. The molecular weight excluding hydrogens is 266 g/mol. The lowest BCUT2D eigenvalue weighted by atomic mass is 10.0. The molecule has 0 fully saturated rings. The minimum Gasteiger partial charge on any atom is -0.433 e. The van der Waals surface area contributed by atoms with Gasteiger partial charge in [0.05, 0.1) is 5.56 Å². The maximum Gasteiger partial charge on any atom is 0.422 e. The molecule has 1 rings (SSSR count). The Kier molecular flexibility index (Phi) is 3.88. The minimum absolute atomic E-state index is 0.373. The largest absolute Gasteiger partial charge is 0.433 e. The van der Waals surface area contributed by atoms with Gasteiger partial charge in [-0.15, -0.1) is 0 Å². The van der Waals surface area contributed by atoms with Crippen molar-refractivity contribution in [3.63, 3.8) is 0 Å². The van der Waals surface area contributed by atoms with E-state index >= 15 is 0 Å². The van der Waals surface area contributed by atoms with E-state index in [9.17, 15) is 31.1 Å². The molecule has 0 spiro atoms. The second kappa shape index (κ2) is 4.87. The van der Waals surface area contributed by atoms with E-state index in [4.69, 9.17) is 0 Å². The van der Waals surface area contributed by atoms with Crippen molar-refractivity contribution < 1.29 is 35.9 Å². The Morgan fingerprint density at radius 2 is 1.83 bits per heavy atom. The maximum atomic E-state index is 13.1. The van der Waals surface area contributed by atoms with Crippen LogP contribution in [0, 0.1) is 5.82 Å². The summed E-state index contributed by atoms with van der Waals surface area (Å²) in [6.07, 6.45) is -5.25. The van der Waals surface area contributed by atoms with Gasteiger partial charge < -0.3 is 4.74 Å². The molecule has 0 N–H and O–H groups in total. The monoisotopic (exact) mass is 272 g/mol. The number of halogens is 6. The summed E-state index contributed by atoms with van der Waals surface area (Å²) in [5, 5.41) is 0. The molecule has 0 aliphatic rings. The molecule has 2 nitrogen and oxygen atoms in total. The van der Waals surface area contributed by atoms with Gasteiger partial charge in [-0.25, -0.2) is 4.39 Å². The van der Waals surface area contributed by atoms with Crippen LogP contribution in [0.1, 0.15) is 22.8 Å². The van der Waals surface area contributed by atoms with Gasteiger partial charge in [-0.2, -0.15) is 22.0 Å². The van der Waals surface area contributed by atoms with Crippen LogP contribution in [0.15, 0.2) is 12.1 Å². The molecule has 0 bridgehead atoms. The van der Waals surface area contributed by atoms with E-state index in [1.807, 2.05) is 0 Å². The molecule has 8 heteroatoms. The molecule has 18 heavy (non-hydrogen) atoms. The number of ether oxygens (including phenoxy) is 1. The number of hydrogen-bond acceptors (Lipinski definition) is 2. The third-order valence-corrected chi connectivity index (χ3v) is 1.98. The van der Waals surface area contributed by atoms with Gasteiger partial charge in [0, 0.05) is 0 Å². The molecule has 1 aromatic carbocycles. The van der Waals surface area contributed by atoms with Crippen molar-refractivity contribution in [1.29, 1.82) is 0 Å². The summed E-state index contributed by atoms with van der Waals surface area (Å²) >= 11 is 0. The summed E-state index contributed by atoms with van der Waals surface area (Å²) in [7, 11) is 0. The molecule has 0 heterocycles. The predicted octanol–water partition coefficient (Wildman–Crippen LogP) is 3.65. The Morgan fingerprint density at radius 1 is 1.28 bits per heavy atom. The smallest absolute Gasteiger partial charge is 0.422 e. The Hall–Kier alpha value is -1.73. The molecule has 100 valence electrons. The highest BCUT2D eigenvalue weighted by molar-refractivity contribution is 5.97. The maximum absolute atomic E-state index is 13.1. The van der Waals surface area contributed by atoms with Crippen LogP contribution in [-0.4, -0.2) is 12.4 Å². The van der Waals surface area contributed by atoms with Gasteiger partial charge in [-0.1, -0.05) is 0 Å². The summed E-state index contributed by atoms with van der Waals surface area (Å²) in [4.78, 5) is 11.0. The SMILES string of the molecule is CC(=O)c1ccc(F)c(C(F)(F)F)c1OC(F)F. The minimum atomic E-state index is -5.25. The van der Waals surface area contributed by atoms with Crippen LogP contribution in [0.3, 0.4) is 0 Å². The van der Waals surface area contributed by atoms with E-state index in [0.717, 1.165) is 6.92 Å². The van der Waals surface area contributed by atoms with Gasteiger partial charge in [0.1, 0.15) is 11.4 Å². The van der Waals surface area contributed by atoms with E-state index in [2.05, 4.69) is 4.74 Å². The fraction of sp³-hybridized carbons (Fsp3) is 0.300. The first-order valence-corrected chi connectivity index (χ1v) is 4.50. The molecule has 0 unspecified atom stereocenters. The van der Waals surface area contributed by atoms with Gasteiger partial charge >= 0.3 is 12.8 Å². The molecule has 0 aliphatic carbocycles. The van der Waals surface area contributed by atoms with Crippen molar-refractivity contribution in [2.75, 3.05) is 0 Å². The van der Waals surface area contributed by atoms with E-state index < -0.39 is 41.3 Å². The van der Waals surface area contributed by atoms with Crippen molar-refractivity contribution in [1.82, 2.24) is 0 Å². The predicted molar refractivity (Wildman–Crippen MR) is 48.0 cm³/mol. The van der Waals surface area contributed by atoms with Crippen molar-refractivity contribution in [3.8, 4) is 5.75 Å². The van der Waals surface area contributed by atoms with Crippen LogP contribution in [0.25, 0.3) is 0 Å². The van der Waals surface area contributed by atoms with Crippen LogP contribution >= 0.6 is 0 Å². The fourth-order valence-electron chi connectivity index (χ4n) is 1.31. The summed E-state index contributed by atoms with van der Waals surface area (Å²) in [6, 6.07) is 1.03. The van der Waals surface area contributed by atoms with Crippen LogP contribution < -0.4 is 4.74 Å². The second-order valence-corrected chi connectivity index (χ2v) is 3.23. The zero-order chi connectivity index (χ0) is 14.1. The first-order chi connectivity index (χ1) is 8.14. The Labute approximate surface area is 97.2 Å². The number of carbonyl (C=O) groups excluding carboxylic acids is 1. The van der Waals surface area contributed by atoms with Gasteiger partial charge in [0.15, 0.2) is 11.5 Å². The highest BCUT2D eigenvalue weighted by Gasteiger charge is 2.40. The quantitative estimate of drug-likeness (QED) is 0.620. The normalized spacial score (nSPS) is 11.8. The van der Waals surface area contributed by atoms with Gasteiger partial charge in [0.25, 0.3) is 0 Å². The van der Waals surface area contributed by atoms with Crippen molar-refractivity contribution in [3.05, 3.63) is 29.1 Å². The molecule has 0 saturated heterocycles. The van der Waals surface area contributed by atoms with Crippen LogP contribution in [0.4, 0.5) is 26.3 Å². The van der Waals surface area contributed by atoms with E-state index in [0.29, 0.717) is 12.1 Å². The summed E-state index contributed by atoms with van der Waals surface area (Å²) < 4.78 is 78.4. The second-order valence-electron chi connectivity index (χ2n) is 3.23. The Morgan fingerprint density at radius 3 is 2.22 bits per heavy atom. The Balaban J connectivity index is 3.55. The standard InChI is InChI=1S/C10H6F6O2/c1-4(17)5-2-3-6(11)7(10(14,15)16)8(5)18-9(12)13/h2-3,9H,1H3. The molecule has 1 aromatic rings. The third-order valence-electron chi connectivity index (χ3n) is 1.98.